The van der Waals surface area contributed by atoms with Crippen LogP contribution in [0.15, 0.2) is 18.2 Å². The maximum absolute atomic E-state index is 11.3. The molecular weight excluding hydrogens is 178 g/mol. The molecule has 14 heavy (non-hydrogen) atoms. The number of aryl methyl sites for hydroxylation is 1. The number of rotatable bonds is 1. The summed E-state index contributed by atoms with van der Waals surface area (Å²) in [6.07, 6.45) is 0. The van der Waals surface area contributed by atoms with E-state index in [2.05, 4.69) is 4.98 Å². The smallest absolute Gasteiger partial charge is 0.165 e. The fraction of sp³-hybridized carbons (Fsp3) is 0.182. The Morgan fingerprint density at radius 1 is 1.43 bits per heavy atom. The highest BCUT2D eigenvalue weighted by molar-refractivity contribution is 6.08. The summed E-state index contributed by atoms with van der Waals surface area (Å²) in [6.45, 7) is 3.37. The van der Waals surface area contributed by atoms with Crippen molar-refractivity contribution in [2.75, 3.05) is 0 Å². The van der Waals surface area contributed by atoms with E-state index in [1.165, 1.54) is 6.92 Å². The number of ketones is 1. The van der Waals surface area contributed by atoms with Gasteiger partial charge in [-0.3, -0.25) is 4.79 Å². The van der Waals surface area contributed by atoms with Crippen LogP contribution in [0.3, 0.4) is 0 Å². The predicted molar refractivity (Wildman–Crippen MR) is 54.7 cm³/mol. The second kappa shape index (κ2) is 2.87. The van der Waals surface area contributed by atoms with Gasteiger partial charge in [0.05, 0.1) is 11.1 Å². The molecule has 0 amide bonds. The van der Waals surface area contributed by atoms with Gasteiger partial charge in [-0.1, -0.05) is 0 Å². The van der Waals surface area contributed by atoms with Crippen LogP contribution in [0.5, 0.6) is 5.75 Å². The summed E-state index contributed by atoms with van der Waals surface area (Å²) in [5.74, 6) is -0.0956. The zero-order valence-corrected chi connectivity index (χ0v) is 8.09. The third-order valence-electron chi connectivity index (χ3n) is 2.26. The Morgan fingerprint density at radius 2 is 2.14 bits per heavy atom. The summed E-state index contributed by atoms with van der Waals surface area (Å²) in [4.78, 5) is 14.4. The van der Waals surface area contributed by atoms with E-state index in [4.69, 9.17) is 0 Å². The van der Waals surface area contributed by atoms with Gasteiger partial charge in [-0.05, 0) is 32.0 Å². The van der Waals surface area contributed by atoms with Crippen molar-refractivity contribution in [3.05, 3.63) is 29.5 Å². The molecular formula is C11H11NO2. The largest absolute Gasteiger partial charge is 0.507 e. The first-order valence-corrected chi connectivity index (χ1v) is 4.42. The number of carbonyl (C=O) groups is 1. The maximum atomic E-state index is 11.3. The van der Waals surface area contributed by atoms with Gasteiger partial charge in [0.1, 0.15) is 5.75 Å². The van der Waals surface area contributed by atoms with Gasteiger partial charge < -0.3 is 10.1 Å². The van der Waals surface area contributed by atoms with Crippen LogP contribution in [0.25, 0.3) is 10.9 Å². The van der Waals surface area contributed by atoms with E-state index in [0.717, 1.165) is 16.6 Å². The number of aromatic hydroxyl groups is 1. The van der Waals surface area contributed by atoms with Crippen molar-refractivity contribution in [2.45, 2.75) is 13.8 Å². The lowest BCUT2D eigenvalue weighted by atomic mass is 10.1. The number of Topliss-reactive ketones (excluding diaryl/α,β-unsaturated/α-hetero) is 1. The summed E-state index contributed by atoms with van der Waals surface area (Å²) in [5, 5.41) is 10.5. The first kappa shape index (κ1) is 8.81. The third kappa shape index (κ3) is 1.18. The van der Waals surface area contributed by atoms with Crippen molar-refractivity contribution in [3.63, 3.8) is 0 Å². The standard InChI is InChI=1S/C11H11NO2/c1-6-5-8-3-4-9(14)10(7(2)13)11(8)12-6/h3-5,12,14H,1-2H3. The molecule has 0 saturated heterocycles. The molecule has 0 radical (unpaired) electrons. The summed E-state index contributed by atoms with van der Waals surface area (Å²) in [7, 11) is 0. The van der Waals surface area contributed by atoms with Gasteiger partial charge in [-0.15, -0.1) is 0 Å². The fourth-order valence-corrected chi connectivity index (χ4v) is 1.69. The Morgan fingerprint density at radius 3 is 2.79 bits per heavy atom. The van der Waals surface area contributed by atoms with Gasteiger partial charge in [0.2, 0.25) is 0 Å². The zero-order chi connectivity index (χ0) is 10.3. The third-order valence-corrected chi connectivity index (χ3v) is 2.26. The number of hydrogen-bond acceptors (Lipinski definition) is 2. The molecule has 0 spiro atoms. The molecule has 0 atom stereocenters. The number of fused-ring (bicyclic) bond motifs is 1. The zero-order valence-electron chi connectivity index (χ0n) is 8.09. The van der Waals surface area contributed by atoms with Crippen LogP contribution in [0.4, 0.5) is 0 Å². The minimum atomic E-state index is -0.130. The van der Waals surface area contributed by atoms with Crippen LogP contribution in [0.1, 0.15) is 23.0 Å². The van der Waals surface area contributed by atoms with Crippen LogP contribution in [0, 0.1) is 6.92 Å². The first-order chi connectivity index (χ1) is 6.59. The van der Waals surface area contributed by atoms with E-state index in [9.17, 15) is 9.90 Å². The van der Waals surface area contributed by atoms with E-state index in [1.807, 2.05) is 13.0 Å². The molecule has 0 aliphatic heterocycles. The number of benzene rings is 1. The fourth-order valence-electron chi connectivity index (χ4n) is 1.69. The number of phenols is 1. The van der Waals surface area contributed by atoms with Crippen LogP contribution < -0.4 is 0 Å². The molecule has 1 aromatic carbocycles. The number of phenolic OH excluding ortho intramolecular Hbond substituents is 1. The Kier molecular flexibility index (Phi) is 1.81. The highest BCUT2D eigenvalue weighted by Gasteiger charge is 2.12. The Bertz CT molecular complexity index is 511. The number of H-pyrrole nitrogens is 1. The Balaban J connectivity index is 2.88. The van der Waals surface area contributed by atoms with Crippen molar-refractivity contribution in [1.29, 1.82) is 0 Å². The molecule has 0 unspecified atom stereocenters. The van der Waals surface area contributed by atoms with Crippen molar-refractivity contribution in [3.8, 4) is 5.75 Å². The first-order valence-electron chi connectivity index (χ1n) is 4.42. The predicted octanol–water partition coefficient (Wildman–Crippen LogP) is 2.38. The van der Waals surface area contributed by atoms with Crippen molar-refractivity contribution in [2.24, 2.45) is 0 Å². The van der Waals surface area contributed by atoms with E-state index in [1.54, 1.807) is 12.1 Å². The van der Waals surface area contributed by atoms with Crippen LogP contribution in [0.2, 0.25) is 0 Å². The van der Waals surface area contributed by atoms with E-state index in [-0.39, 0.29) is 11.5 Å². The summed E-state index contributed by atoms with van der Waals surface area (Å²) in [5.41, 5.74) is 2.07. The molecule has 0 bridgehead atoms. The second-order valence-corrected chi connectivity index (χ2v) is 3.43. The number of aromatic nitrogens is 1. The molecule has 2 rings (SSSR count). The number of aromatic amines is 1. The highest BCUT2D eigenvalue weighted by atomic mass is 16.3. The van der Waals surface area contributed by atoms with E-state index < -0.39 is 0 Å². The average molecular weight is 189 g/mol. The maximum Gasteiger partial charge on any atom is 0.165 e. The minimum Gasteiger partial charge on any atom is -0.507 e. The molecule has 0 fully saturated rings. The molecule has 0 aliphatic carbocycles. The van der Waals surface area contributed by atoms with Crippen molar-refractivity contribution < 1.29 is 9.90 Å². The van der Waals surface area contributed by atoms with Gasteiger partial charge >= 0.3 is 0 Å². The van der Waals surface area contributed by atoms with Crippen LogP contribution in [-0.2, 0) is 0 Å². The van der Waals surface area contributed by atoms with Gasteiger partial charge in [-0.25, -0.2) is 0 Å². The van der Waals surface area contributed by atoms with Gasteiger partial charge in [0.25, 0.3) is 0 Å². The van der Waals surface area contributed by atoms with Crippen LogP contribution >= 0.6 is 0 Å². The highest BCUT2D eigenvalue weighted by Crippen LogP contribution is 2.27. The molecule has 1 aromatic heterocycles. The van der Waals surface area contributed by atoms with Gasteiger partial charge in [0, 0.05) is 11.1 Å². The lowest BCUT2D eigenvalue weighted by molar-refractivity contribution is 0.101. The average Bonchev–Trinajstić information content (AvgIpc) is 2.43. The number of nitrogens with one attached hydrogen (secondary N) is 1. The van der Waals surface area contributed by atoms with E-state index >= 15 is 0 Å². The lowest BCUT2D eigenvalue weighted by Gasteiger charge is -2.01. The van der Waals surface area contributed by atoms with Gasteiger partial charge in [0.15, 0.2) is 5.78 Å². The summed E-state index contributed by atoms with van der Waals surface area (Å²) >= 11 is 0. The second-order valence-electron chi connectivity index (χ2n) is 3.43. The normalized spacial score (nSPS) is 10.7. The molecule has 3 nitrogen and oxygen atoms in total. The molecule has 1 heterocycles. The topological polar surface area (TPSA) is 53.1 Å². The number of carbonyl (C=O) groups excluding carboxylic acids is 1. The van der Waals surface area contributed by atoms with Crippen molar-refractivity contribution >= 4 is 16.7 Å². The monoisotopic (exact) mass is 189 g/mol. The molecule has 2 N–H and O–H groups in total. The molecule has 0 aliphatic rings. The van der Waals surface area contributed by atoms with Crippen LogP contribution in [-0.4, -0.2) is 15.9 Å². The Labute approximate surface area is 81.4 Å². The molecule has 2 aromatic rings. The van der Waals surface area contributed by atoms with E-state index in [0.29, 0.717) is 5.56 Å². The summed E-state index contributed by atoms with van der Waals surface area (Å²) < 4.78 is 0. The minimum absolute atomic E-state index is 0.0341. The lowest BCUT2D eigenvalue weighted by Crippen LogP contribution is -1.94. The summed E-state index contributed by atoms with van der Waals surface area (Å²) in [6, 6.07) is 5.29. The van der Waals surface area contributed by atoms with Gasteiger partial charge in [-0.2, -0.15) is 0 Å². The number of hydrogen-bond donors (Lipinski definition) is 2. The molecule has 72 valence electrons. The molecule has 0 saturated carbocycles. The van der Waals surface area contributed by atoms with Crippen molar-refractivity contribution in [1.82, 2.24) is 4.98 Å². The quantitative estimate of drug-likeness (QED) is 0.677. The SMILES string of the molecule is CC(=O)c1c(O)ccc2cc(C)[nH]c12. The molecule has 3 heteroatoms. The Hall–Kier alpha value is -1.77.